The highest BCUT2D eigenvalue weighted by Crippen LogP contribution is 2.31. The molecule has 3 heteroatoms. The first-order valence-electron chi connectivity index (χ1n) is 8.43. The van der Waals surface area contributed by atoms with Crippen molar-refractivity contribution in [3.63, 3.8) is 0 Å². The molecule has 0 unspecified atom stereocenters. The average Bonchev–Trinajstić information content (AvgIpc) is 3.01. The fourth-order valence-electron chi connectivity index (χ4n) is 3.20. The molecule has 0 fully saturated rings. The van der Waals surface area contributed by atoms with Gasteiger partial charge in [0.1, 0.15) is 5.75 Å². The molecule has 0 aliphatic carbocycles. The second kappa shape index (κ2) is 6.81. The maximum Gasteiger partial charge on any atom is 0.119 e. The zero-order valence-electron chi connectivity index (χ0n) is 14.2. The third-order valence-corrected chi connectivity index (χ3v) is 4.45. The van der Waals surface area contributed by atoms with E-state index in [9.17, 15) is 0 Å². The van der Waals surface area contributed by atoms with Crippen molar-refractivity contribution in [2.45, 2.75) is 6.54 Å². The zero-order chi connectivity index (χ0) is 17.1. The Bertz CT molecular complexity index is 885. The molecule has 25 heavy (non-hydrogen) atoms. The highest BCUT2D eigenvalue weighted by molar-refractivity contribution is 6.12. The Morgan fingerprint density at radius 2 is 1.60 bits per heavy atom. The third-order valence-electron chi connectivity index (χ3n) is 4.45. The predicted molar refractivity (Wildman–Crippen MR) is 103 cm³/mol. The second-order valence-corrected chi connectivity index (χ2v) is 6.12. The van der Waals surface area contributed by atoms with E-state index < -0.39 is 0 Å². The van der Waals surface area contributed by atoms with Crippen LogP contribution in [0.25, 0.3) is 0 Å². The molecule has 0 saturated heterocycles. The van der Waals surface area contributed by atoms with Crippen LogP contribution in [0.1, 0.15) is 11.1 Å². The minimum absolute atomic E-state index is 0.820. The van der Waals surface area contributed by atoms with Crippen molar-refractivity contribution in [3.05, 3.63) is 90.0 Å². The summed E-state index contributed by atoms with van der Waals surface area (Å²) in [6, 6.07) is 26.9. The molecule has 1 aliphatic rings. The number of nitrogens with zero attached hydrogens (tertiary/aromatic N) is 2. The Morgan fingerprint density at radius 3 is 2.36 bits per heavy atom. The van der Waals surface area contributed by atoms with E-state index in [1.54, 1.807) is 7.11 Å². The van der Waals surface area contributed by atoms with Gasteiger partial charge in [-0.2, -0.15) is 0 Å². The largest absolute Gasteiger partial charge is 0.497 e. The molecule has 3 aromatic rings. The minimum Gasteiger partial charge on any atom is -0.497 e. The van der Waals surface area contributed by atoms with Crippen LogP contribution in [0.2, 0.25) is 0 Å². The van der Waals surface area contributed by atoms with Crippen molar-refractivity contribution in [1.29, 1.82) is 0 Å². The summed E-state index contributed by atoms with van der Waals surface area (Å²) in [6.07, 6.45) is 0. The van der Waals surface area contributed by atoms with Crippen LogP contribution in [-0.2, 0) is 6.54 Å². The second-order valence-electron chi connectivity index (χ2n) is 6.12. The molecular formula is C22H20N2O. The molecule has 124 valence electrons. The molecule has 3 nitrogen and oxygen atoms in total. The number of anilines is 1. The van der Waals surface area contributed by atoms with Gasteiger partial charge in [-0.1, -0.05) is 48.5 Å². The van der Waals surface area contributed by atoms with E-state index in [-0.39, 0.29) is 0 Å². The van der Waals surface area contributed by atoms with E-state index >= 15 is 0 Å². The SMILES string of the molecule is COc1ccc(N=C2CN(Cc3ccccc3)c3ccccc32)cc1. The van der Waals surface area contributed by atoms with Gasteiger partial charge in [-0.25, -0.2) is 0 Å². The number of fused-ring (bicyclic) bond motifs is 1. The zero-order valence-corrected chi connectivity index (χ0v) is 14.2. The first kappa shape index (κ1) is 15.5. The lowest BCUT2D eigenvalue weighted by atomic mass is 10.1. The summed E-state index contributed by atoms with van der Waals surface area (Å²) in [4.78, 5) is 7.27. The topological polar surface area (TPSA) is 24.8 Å². The van der Waals surface area contributed by atoms with E-state index in [2.05, 4.69) is 59.5 Å². The highest BCUT2D eigenvalue weighted by Gasteiger charge is 2.24. The Labute approximate surface area is 148 Å². The number of hydrogen-bond donors (Lipinski definition) is 0. The van der Waals surface area contributed by atoms with Crippen molar-refractivity contribution in [3.8, 4) is 5.75 Å². The number of para-hydroxylation sites is 1. The molecule has 0 aromatic heterocycles. The molecule has 0 N–H and O–H groups in total. The van der Waals surface area contributed by atoms with E-state index in [0.29, 0.717) is 0 Å². The summed E-state index contributed by atoms with van der Waals surface area (Å²) in [5.74, 6) is 0.849. The van der Waals surface area contributed by atoms with Gasteiger partial charge in [0.25, 0.3) is 0 Å². The number of ether oxygens (including phenoxy) is 1. The van der Waals surface area contributed by atoms with Crippen LogP contribution in [0.15, 0.2) is 83.9 Å². The Hall–Kier alpha value is -3.07. The van der Waals surface area contributed by atoms with Gasteiger partial charge in [0.2, 0.25) is 0 Å². The Kier molecular flexibility index (Phi) is 4.21. The van der Waals surface area contributed by atoms with Gasteiger partial charge in [-0.3, -0.25) is 4.99 Å². The van der Waals surface area contributed by atoms with Crippen molar-refractivity contribution in [2.24, 2.45) is 4.99 Å². The molecule has 0 amide bonds. The predicted octanol–water partition coefficient (Wildman–Crippen LogP) is 4.84. The molecule has 0 atom stereocenters. The lowest BCUT2D eigenvalue weighted by molar-refractivity contribution is 0.415. The quantitative estimate of drug-likeness (QED) is 0.685. The van der Waals surface area contributed by atoms with Gasteiger partial charge in [0, 0.05) is 17.8 Å². The summed E-state index contributed by atoms with van der Waals surface area (Å²) in [6.45, 7) is 1.71. The molecule has 0 spiro atoms. The average molecular weight is 328 g/mol. The van der Waals surface area contributed by atoms with Gasteiger partial charge in [-0.05, 0) is 35.9 Å². The van der Waals surface area contributed by atoms with Crippen molar-refractivity contribution >= 4 is 17.1 Å². The lowest BCUT2D eigenvalue weighted by Gasteiger charge is -2.18. The molecule has 3 aromatic carbocycles. The number of rotatable bonds is 4. The number of methoxy groups -OCH3 is 1. The number of hydrogen-bond acceptors (Lipinski definition) is 3. The van der Waals surface area contributed by atoms with Crippen LogP contribution in [0.3, 0.4) is 0 Å². The summed E-state index contributed by atoms with van der Waals surface area (Å²) < 4.78 is 5.22. The molecule has 0 saturated carbocycles. The summed E-state index contributed by atoms with van der Waals surface area (Å²) in [5, 5.41) is 0. The minimum atomic E-state index is 0.820. The van der Waals surface area contributed by atoms with Gasteiger partial charge < -0.3 is 9.64 Å². The van der Waals surface area contributed by atoms with Crippen LogP contribution in [0.5, 0.6) is 5.75 Å². The molecule has 1 aliphatic heterocycles. The summed E-state index contributed by atoms with van der Waals surface area (Å²) >= 11 is 0. The van der Waals surface area contributed by atoms with Crippen molar-refractivity contribution in [2.75, 3.05) is 18.6 Å². The van der Waals surface area contributed by atoms with E-state index in [1.807, 2.05) is 24.3 Å². The Morgan fingerprint density at radius 1 is 0.880 bits per heavy atom. The van der Waals surface area contributed by atoms with Crippen molar-refractivity contribution < 1.29 is 4.74 Å². The van der Waals surface area contributed by atoms with Gasteiger partial charge in [0.05, 0.1) is 25.1 Å². The molecule has 0 bridgehead atoms. The summed E-state index contributed by atoms with van der Waals surface area (Å²) in [7, 11) is 1.68. The van der Waals surface area contributed by atoms with Crippen LogP contribution in [0, 0.1) is 0 Å². The smallest absolute Gasteiger partial charge is 0.119 e. The normalized spacial score (nSPS) is 14.6. The maximum absolute atomic E-state index is 5.22. The van der Waals surface area contributed by atoms with Gasteiger partial charge >= 0.3 is 0 Å². The van der Waals surface area contributed by atoms with Crippen LogP contribution >= 0.6 is 0 Å². The standard InChI is InChI=1S/C22H20N2O/c1-25-19-13-11-18(12-14-19)23-21-16-24(15-17-7-3-2-4-8-17)22-10-6-5-9-20(21)22/h2-14H,15-16H2,1H3. The van der Waals surface area contributed by atoms with E-state index in [1.165, 1.54) is 16.8 Å². The third kappa shape index (κ3) is 3.26. The van der Waals surface area contributed by atoms with Crippen LogP contribution in [0.4, 0.5) is 11.4 Å². The lowest BCUT2D eigenvalue weighted by Crippen LogP contribution is -2.22. The summed E-state index contributed by atoms with van der Waals surface area (Å²) in [5.41, 5.74) is 5.83. The molecule has 0 radical (unpaired) electrons. The van der Waals surface area contributed by atoms with Crippen LogP contribution < -0.4 is 9.64 Å². The van der Waals surface area contributed by atoms with Gasteiger partial charge in [0.15, 0.2) is 0 Å². The maximum atomic E-state index is 5.22. The monoisotopic (exact) mass is 328 g/mol. The molecule has 4 rings (SSSR count). The van der Waals surface area contributed by atoms with Crippen LogP contribution in [-0.4, -0.2) is 19.4 Å². The van der Waals surface area contributed by atoms with E-state index in [4.69, 9.17) is 9.73 Å². The van der Waals surface area contributed by atoms with Crippen molar-refractivity contribution in [1.82, 2.24) is 0 Å². The fraction of sp³-hybridized carbons (Fsp3) is 0.136. The molecule has 1 heterocycles. The van der Waals surface area contributed by atoms with Gasteiger partial charge in [-0.15, -0.1) is 0 Å². The number of aliphatic imine (C=N–C) groups is 1. The Balaban J connectivity index is 1.64. The highest BCUT2D eigenvalue weighted by atomic mass is 16.5. The first-order valence-corrected chi connectivity index (χ1v) is 8.43. The van der Waals surface area contributed by atoms with E-state index in [0.717, 1.165) is 30.2 Å². The number of benzene rings is 3. The molecular weight excluding hydrogens is 308 g/mol. The first-order chi connectivity index (χ1) is 12.3. The fourth-order valence-corrected chi connectivity index (χ4v) is 3.20.